The highest BCUT2D eigenvalue weighted by Crippen LogP contribution is 2.10. The van der Waals surface area contributed by atoms with Crippen molar-refractivity contribution in [3.8, 4) is 0 Å². The average molecular weight is 272 g/mol. The van der Waals surface area contributed by atoms with Crippen LogP contribution in [-0.2, 0) is 4.79 Å². The molecule has 0 aromatic carbocycles. The molecule has 0 aliphatic heterocycles. The Kier molecular flexibility index (Phi) is 13.4. The van der Waals surface area contributed by atoms with E-state index in [9.17, 15) is 4.79 Å². The summed E-state index contributed by atoms with van der Waals surface area (Å²) in [4.78, 5) is 11.4. The number of carbonyl (C=O) groups excluding carboxylic acids is 1. The fourth-order valence-electron chi connectivity index (χ4n) is 1.96. The van der Waals surface area contributed by atoms with Gasteiger partial charge in [0.1, 0.15) is 0 Å². The lowest BCUT2D eigenvalue weighted by atomic mass is 10.1. The number of hydrazine groups is 1. The molecule has 0 aliphatic carbocycles. The summed E-state index contributed by atoms with van der Waals surface area (Å²) in [5.74, 6) is 0.0172. The minimum Gasteiger partial charge on any atom is -0.392 e. The molecule has 0 radical (unpaired) electrons. The zero-order valence-electron chi connectivity index (χ0n) is 12.7. The van der Waals surface area contributed by atoms with E-state index < -0.39 is 6.10 Å². The third-order valence-corrected chi connectivity index (χ3v) is 3.13. The van der Waals surface area contributed by atoms with Crippen molar-refractivity contribution in [2.75, 3.05) is 6.54 Å². The molecule has 0 spiro atoms. The van der Waals surface area contributed by atoms with Crippen molar-refractivity contribution < 1.29 is 9.90 Å². The zero-order chi connectivity index (χ0) is 14.3. The molecule has 3 N–H and O–H groups in total. The van der Waals surface area contributed by atoms with Crippen LogP contribution in [0.25, 0.3) is 0 Å². The maximum Gasteiger partial charge on any atom is 0.234 e. The first kappa shape index (κ1) is 18.4. The van der Waals surface area contributed by atoms with Crippen LogP contribution in [0, 0.1) is 0 Å². The van der Waals surface area contributed by atoms with Crippen LogP contribution in [-0.4, -0.2) is 23.7 Å². The van der Waals surface area contributed by atoms with Gasteiger partial charge in [0, 0.05) is 13.0 Å². The van der Waals surface area contributed by atoms with Gasteiger partial charge in [0.25, 0.3) is 0 Å². The van der Waals surface area contributed by atoms with Gasteiger partial charge in [0.15, 0.2) is 0 Å². The largest absolute Gasteiger partial charge is 0.392 e. The summed E-state index contributed by atoms with van der Waals surface area (Å²) in [5, 5.41) is 9.00. The highest BCUT2D eigenvalue weighted by atomic mass is 16.3. The van der Waals surface area contributed by atoms with Crippen LogP contribution in [0.4, 0.5) is 0 Å². The van der Waals surface area contributed by atoms with Gasteiger partial charge in [-0.25, -0.2) is 5.43 Å². The highest BCUT2D eigenvalue weighted by Gasteiger charge is 2.01. The van der Waals surface area contributed by atoms with Crippen molar-refractivity contribution in [2.24, 2.45) is 0 Å². The van der Waals surface area contributed by atoms with E-state index in [0.717, 1.165) is 12.8 Å². The van der Waals surface area contributed by atoms with E-state index in [1.54, 1.807) is 6.92 Å². The van der Waals surface area contributed by atoms with Gasteiger partial charge in [-0.1, -0.05) is 58.3 Å². The number of aliphatic hydroxyl groups is 1. The summed E-state index contributed by atoms with van der Waals surface area (Å²) in [6.45, 7) is 4.31. The SMILES string of the molecule is CCCCCCCCCCCC(=O)NNCC(C)O. The first-order valence-corrected chi connectivity index (χ1v) is 7.86. The molecule has 114 valence electrons. The van der Waals surface area contributed by atoms with Gasteiger partial charge in [-0.3, -0.25) is 10.2 Å². The van der Waals surface area contributed by atoms with Crippen LogP contribution in [0.2, 0.25) is 0 Å². The van der Waals surface area contributed by atoms with E-state index in [1.807, 2.05) is 0 Å². The maximum atomic E-state index is 11.4. The Balaban J connectivity index is 3.14. The van der Waals surface area contributed by atoms with Crippen LogP contribution in [0.3, 0.4) is 0 Å². The second-order valence-electron chi connectivity index (χ2n) is 5.36. The highest BCUT2D eigenvalue weighted by molar-refractivity contribution is 5.75. The van der Waals surface area contributed by atoms with Crippen LogP contribution in [0.5, 0.6) is 0 Å². The minimum atomic E-state index is -0.437. The van der Waals surface area contributed by atoms with Gasteiger partial charge in [-0.15, -0.1) is 0 Å². The summed E-state index contributed by atoms with van der Waals surface area (Å²) in [6, 6.07) is 0. The van der Waals surface area contributed by atoms with Gasteiger partial charge >= 0.3 is 0 Å². The van der Waals surface area contributed by atoms with E-state index in [1.165, 1.54) is 44.9 Å². The number of aliphatic hydroxyl groups excluding tert-OH is 1. The molecule has 0 fully saturated rings. The molecule has 0 aromatic rings. The lowest BCUT2D eigenvalue weighted by Gasteiger charge is -2.08. The van der Waals surface area contributed by atoms with Crippen molar-refractivity contribution in [2.45, 2.75) is 84.2 Å². The number of amides is 1. The van der Waals surface area contributed by atoms with Crippen molar-refractivity contribution in [1.29, 1.82) is 0 Å². The maximum absolute atomic E-state index is 11.4. The van der Waals surface area contributed by atoms with Gasteiger partial charge in [-0.05, 0) is 13.3 Å². The summed E-state index contributed by atoms with van der Waals surface area (Å²) in [6.07, 6.45) is 11.5. The summed E-state index contributed by atoms with van der Waals surface area (Å²) < 4.78 is 0. The first-order valence-electron chi connectivity index (χ1n) is 7.86. The lowest BCUT2D eigenvalue weighted by molar-refractivity contribution is -0.122. The van der Waals surface area contributed by atoms with Crippen LogP contribution in [0.15, 0.2) is 0 Å². The quantitative estimate of drug-likeness (QED) is 0.357. The van der Waals surface area contributed by atoms with E-state index in [4.69, 9.17) is 5.11 Å². The third-order valence-electron chi connectivity index (χ3n) is 3.13. The molecule has 0 rings (SSSR count). The van der Waals surface area contributed by atoms with E-state index >= 15 is 0 Å². The Hall–Kier alpha value is -0.610. The summed E-state index contributed by atoms with van der Waals surface area (Å²) >= 11 is 0. The first-order chi connectivity index (χ1) is 9.16. The Labute approximate surface area is 118 Å². The second kappa shape index (κ2) is 13.8. The lowest BCUT2D eigenvalue weighted by Crippen LogP contribution is -2.40. The Morgan fingerprint density at radius 1 is 1.00 bits per heavy atom. The molecule has 0 saturated carbocycles. The fourth-order valence-corrected chi connectivity index (χ4v) is 1.96. The minimum absolute atomic E-state index is 0.0172. The standard InChI is InChI=1S/C15H32N2O2/c1-3-4-5-6-7-8-9-10-11-12-15(19)17-16-13-14(2)18/h14,16,18H,3-13H2,1-2H3,(H,17,19). The molecule has 0 aliphatic rings. The second-order valence-corrected chi connectivity index (χ2v) is 5.36. The van der Waals surface area contributed by atoms with Crippen molar-refractivity contribution >= 4 is 5.91 Å². The smallest absolute Gasteiger partial charge is 0.234 e. The molecule has 0 bridgehead atoms. The normalized spacial score (nSPS) is 12.4. The topological polar surface area (TPSA) is 61.4 Å². The van der Waals surface area contributed by atoms with Crippen LogP contribution < -0.4 is 10.9 Å². The van der Waals surface area contributed by atoms with Crippen LogP contribution in [0.1, 0.15) is 78.1 Å². The summed E-state index contributed by atoms with van der Waals surface area (Å²) in [5.41, 5.74) is 5.31. The van der Waals surface area contributed by atoms with Crippen molar-refractivity contribution in [3.63, 3.8) is 0 Å². The van der Waals surface area contributed by atoms with Crippen molar-refractivity contribution in [1.82, 2.24) is 10.9 Å². The number of hydrogen-bond acceptors (Lipinski definition) is 3. The molecule has 19 heavy (non-hydrogen) atoms. The Bertz CT molecular complexity index is 208. The zero-order valence-corrected chi connectivity index (χ0v) is 12.7. The number of unbranched alkanes of at least 4 members (excludes halogenated alkanes) is 8. The van der Waals surface area contributed by atoms with E-state index in [0.29, 0.717) is 13.0 Å². The van der Waals surface area contributed by atoms with Crippen LogP contribution >= 0.6 is 0 Å². The predicted molar refractivity (Wildman–Crippen MR) is 79.7 cm³/mol. The molecule has 1 amide bonds. The Morgan fingerprint density at radius 2 is 1.53 bits per heavy atom. The van der Waals surface area contributed by atoms with E-state index in [2.05, 4.69) is 17.8 Å². The molecule has 0 saturated heterocycles. The molecule has 0 heterocycles. The fraction of sp³-hybridized carbons (Fsp3) is 0.933. The van der Waals surface area contributed by atoms with Gasteiger partial charge in [0.2, 0.25) is 5.91 Å². The molecule has 4 heteroatoms. The monoisotopic (exact) mass is 272 g/mol. The number of nitrogens with one attached hydrogen (secondary N) is 2. The number of hydrogen-bond donors (Lipinski definition) is 3. The molecular formula is C15H32N2O2. The Morgan fingerprint density at radius 3 is 2.05 bits per heavy atom. The molecule has 1 unspecified atom stereocenters. The molecule has 1 atom stereocenters. The van der Waals surface area contributed by atoms with Crippen molar-refractivity contribution in [3.05, 3.63) is 0 Å². The molecule has 0 aromatic heterocycles. The van der Waals surface area contributed by atoms with Gasteiger partial charge in [0.05, 0.1) is 6.10 Å². The number of carbonyl (C=O) groups is 1. The predicted octanol–water partition coefficient (Wildman–Crippen LogP) is 2.91. The summed E-state index contributed by atoms with van der Waals surface area (Å²) in [7, 11) is 0. The molecular weight excluding hydrogens is 240 g/mol. The number of rotatable bonds is 13. The third kappa shape index (κ3) is 15.3. The average Bonchev–Trinajstić information content (AvgIpc) is 2.36. The van der Waals surface area contributed by atoms with Gasteiger partial charge < -0.3 is 5.11 Å². The van der Waals surface area contributed by atoms with Gasteiger partial charge in [-0.2, -0.15) is 0 Å². The molecule has 4 nitrogen and oxygen atoms in total. The van der Waals surface area contributed by atoms with E-state index in [-0.39, 0.29) is 5.91 Å².